The Morgan fingerprint density at radius 2 is 1.92 bits per heavy atom. The zero-order chi connectivity index (χ0) is 35.4. The number of rotatable bonds is 12. The summed E-state index contributed by atoms with van der Waals surface area (Å²) in [5.41, 5.74) is 5.04. The number of carbonyl (C=O) groups excluding carboxylic acids is 3. The normalized spacial score (nSPS) is 15.5. The van der Waals surface area contributed by atoms with Crippen LogP contribution in [-0.2, 0) is 36.1 Å². The summed E-state index contributed by atoms with van der Waals surface area (Å²) in [6, 6.07) is 10.9. The third kappa shape index (κ3) is 7.46. The number of halogens is 2. The lowest BCUT2D eigenvalue weighted by Gasteiger charge is -2.26. The van der Waals surface area contributed by atoms with Crippen molar-refractivity contribution in [3.8, 4) is 28.4 Å². The molecule has 2 aliphatic rings. The smallest absolute Gasteiger partial charge is 0.291 e. The van der Waals surface area contributed by atoms with E-state index in [1.54, 1.807) is 54.1 Å². The number of methoxy groups -OCH3 is 1. The number of ether oxygens (including phenoxy) is 1. The first-order valence-electron chi connectivity index (χ1n) is 16.4. The monoisotopic (exact) mass is 719 g/mol. The highest BCUT2D eigenvalue weighted by Crippen LogP contribution is 2.40. The minimum atomic E-state index is -0.430. The van der Waals surface area contributed by atoms with Gasteiger partial charge < -0.3 is 35.5 Å². The van der Waals surface area contributed by atoms with Crippen LogP contribution in [0.25, 0.3) is 22.5 Å². The number of anilines is 1. The minimum absolute atomic E-state index is 0.0500. The molecule has 13 nitrogen and oxygen atoms in total. The third-order valence-corrected chi connectivity index (χ3v) is 9.78. The van der Waals surface area contributed by atoms with Crippen molar-refractivity contribution in [2.24, 2.45) is 7.05 Å². The van der Waals surface area contributed by atoms with E-state index in [2.05, 4.69) is 31.2 Å². The Morgan fingerprint density at radius 3 is 2.68 bits per heavy atom. The Balaban J connectivity index is 1.19. The van der Waals surface area contributed by atoms with E-state index in [0.29, 0.717) is 96.8 Å². The molecule has 1 saturated heterocycles. The van der Waals surface area contributed by atoms with Crippen molar-refractivity contribution in [3.05, 3.63) is 75.4 Å². The Morgan fingerprint density at radius 1 is 1.08 bits per heavy atom. The highest BCUT2D eigenvalue weighted by Gasteiger charge is 2.28. The van der Waals surface area contributed by atoms with Crippen LogP contribution in [0.4, 0.5) is 5.69 Å². The average molecular weight is 721 g/mol. The van der Waals surface area contributed by atoms with Gasteiger partial charge in [-0.15, -0.1) is 0 Å². The molecular formula is C35H39Cl2N9O4. The van der Waals surface area contributed by atoms with E-state index in [1.165, 1.54) is 0 Å². The second-order valence-corrected chi connectivity index (χ2v) is 13.0. The van der Waals surface area contributed by atoms with Crippen LogP contribution in [0.15, 0.2) is 42.6 Å². The lowest BCUT2D eigenvalue weighted by Crippen LogP contribution is -2.37. The molecule has 1 aromatic carbocycles. The molecule has 4 N–H and O–H groups in total. The van der Waals surface area contributed by atoms with Gasteiger partial charge in [-0.1, -0.05) is 41.4 Å². The number of imidazole rings is 1. The number of pyridine rings is 2. The maximum absolute atomic E-state index is 13.5. The third-order valence-electron chi connectivity index (χ3n) is 8.99. The number of amides is 3. The van der Waals surface area contributed by atoms with Crippen LogP contribution < -0.4 is 26.0 Å². The molecule has 4 aromatic rings. The van der Waals surface area contributed by atoms with Crippen LogP contribution in [0.5, 0.6) is 5.88 Å². The van der Waals surface area contributed by atoms with E-state index in [9.17, 15) is 14.4 Å². The molecule has 0 unspecified atom stereocenters. The van der Waals surface area contributed by atoms with Crippen molar-refractivity contribution < 1.29 is 19.1 Å². The number of nitrogens with one attached hydrogen (secondary N) is 4. The molecule has 15 heteroatoms. The Bertz CT molecular complexity index is 1930. The van der Waals surface area contributed by atoms with Crippen molar-refractivity contribution in [1.82, 2.24) is 40.4 Å². The summed E-state index contributed by atoms with van der Waals surface area (Å²) < 4.78 is 7.38. The number of nitrogens with zero attached hydrogens (tertiary/aromatic N) is 5. The van der Waals surface area contributed by atoms with E-state index in [0.717, 1.165) is 17.7 Å². The summed E-state index contributed by atoms with van der Waals surface area (Å²) in [6.45, 7) is 2.70. The molecule has 1 fully saturated rings. The van der Waals surface area contributed by atoms with E-state index >= 15 is 0 Å². The molecule has 0 saturated carbocycles. The first-order chi connectivity index (χ1) is 24.2. The predicted molar refractivity (Wildman–Crippen MR) is 191 cm³/mol. The molecule has 262 valence electrons. The van der Waals surface area contributed by atoms with Crippen molar-refractivity contribution in [2.45, 2.75) is 44.8 Å². The minimum Gasteiger partial charge on any atom is -0.481 e. The number of benzene rings is 1. The maximum atomic E-state index is 13.5. The maximum Gasteiger partial charge on any atom is 0.291 e. The lowest BCUT2D eigenvalue weighted by atomic mass is 10.1. The molecule has 0 spiro atoms. The number of carbonyl (C=O) groups is 3. The van der Waals surface area contributed by atoms with Gasteiger partial charge in [-0.25, -0.2) is 9.97 Å². The summed E-state index contributed by atoms with van der Waals surface area (Å²) in [7, 11) is 5.18. The lowest BCUT2D eigenvalue weighted by molar-refractivity contribution is -0.132. The highest BCUT2D eigenvalue weighted by atomic mass is 35.5. The van der Waals surface area contributed by atoms with E-state index < -0.39 is 5.91 Å². The average Bonchev–Trinajstić information content (AvgIpc) is 3.69. The molecule has 50 heavy (non-hydrogen) atoms. The van der Waals surface area contributed by atoms with Gasteiger partial charge in [0, 0.05) is 87.1 Å². The zero-order valence-electron chi connectivity index (χ0n) is 28.1. The predicted octanol–water partition coefficient (Wildman–Crippen LogP) is 3.97. The first-order valence-corrected chi connectivity index (χ1v) is 17.2. The van der Waals surface area contributed by atoms with Crippen LogP contribution >= 0.6 is 23.2 Å². The molecule has 0 bridgehead atoms. The van der Waals surface area contributed by atoms with E-state index in [-0.39, 0.29) is 28.7 Å². The summed E-state index contributed by atoms with van der Waals surface area (Å²) in [5, 5.41) is 12.8. The number of aromatic nitrogens is 4. The molecule has 3 aromatic heterocycles. The molecule has 5 heterocycles. The fourth-order valence-corrected chi connectivity index (χ4v) is 6.87. The fraction of sp³-hybridized carbons (Fsp3) is 0.371. The van der Waals surface area contributed by atoms with Crippen LogP contribution in [0.2, 0.25) is 10.0 Å². The van der Waals surface area contributed by atoms with Crippen molar-refractivity contribution in [2.75, 3.05) is 39.1 Å². The summed E-state index contributed by atoms with van der Waals surface area (Å²) in [4.78, 5) is 53.3. The second-order valence-electron chi connectivity index (χ2n) is 12.2. The Labute approximate surface area is 300 Å². The molecule has 0 aliphatic carbocycles. The van der Waals surface area contributed by atoms with Gasteiger partial charge >= 0.3 is 0 Å². The van der Waals surface area contributed by atoms with Crippen LogP contribution in [-0.4, -0.2) is 82.0 Å². The summed E-state index contributed by atoms with van der Waals surface area (Å²) in [5.74, 6) is 0.377. The molecule has 1 atom stereocenters. The summed E-state index contributed by atoms with van der Waals surface area (Å²) >= 11 is 13.9. The van der Waals surface area contributed by atoms with Crippen molar-refractivity contribution >= 4 is 46.6 Å². The van der Waals surface area contributed by atoms with E-state index in [1.807, 2.05) is 19.2 Å². The van der Waals surface area contributed by atoms with E-state index in [4.69, 9.17) is 32.9 Å². The van der Waals surface area contributed by atoms with Gasteiger partial charge in [0.1, 0.15) is 0 Å². The van der Waals surface area contributed by atoms with Gasteiger partial charge in [0.25, 0.3) is 5.91 Å². The Hall–Kier alpha value is -4.56. The highest BCUT2D eigenvalue weighted by molar-refractivity contribution is 6.39. The van der Waals surface area contributed by atoms with Crippen LogP contribution in [0, 0.1) is 0 Å². The SMILES string of the molecule is CNCCC(=O)N1CCc2c(nc(C(=O)Nc3cccc(-c4nccc(-c5ccc(CNC[C@H]6CCC(=O)N6)c(OC)n5)c4Cl)c3Cl)n2C)C1. The molecular weight excluding hydrogens is 681 g/mol. The molecule has 6 rings (SSSR count). The largest absolute Gasteiger partial charge is 0.481 e. The standard InChI is InChI=1S/C35H39Cl2N9O4/c1-38-14-12-29(48)46-16-13-27-26(19-46)42-33(45(27)2)34(49)43-25-6-4-5-23(30(25)36)32-31(37)22(11-15-40-32)24-9-7-20(35(44-24)50-3)17-39-18-21-8-10-28(47)41-21/h4-7,9,11,15,21,38-39H,8,10,12-14,16-19H2,1-3H3,(H,41,47)(H,43,49)/t21-/m1/s1. The Kier molecular flexibility index (Phi) is 11.0. The molecule has 2 aliphatic heterocycles. The fourth-order valence-electron chi connectivity index (χ4n) is 6.30. The second kappa shape index (κ2) is 15.5. The quantitative estimate of drug-likeness (QED) is 0.170. The van der Waals surface area contributed by atoms with Crippen molar-refractivity contribution in [3.63, 3.8) is 0 Å². The first kappa shape index (κ1) is 35.3. The van der Waals surface area contributed by atoms with Crippen LogP contribution in [0.1, 0.15) is 46.8 Å². The van der Waals surface area contributed by atoms with Gasteiger partial charge in [-0.3, -0.25) is 19.4 Å². The topological polar surface area (TPSA) is 155 Å². The molecule has 3 amide bonds. The number of fused-ring (bicyclic) bond motifs is 1. The molecule has 0 radical (unpaired) electrons. The van der Waals surface area contributed by atoms with Gasteiger partial charge in [0.2, 0.25) is 17.7 Å². The van der Waals surface area contributed by atoms with Gasteiger partial charge in [0.15, 0.2) is 5.82 Å². The van der Waals surface area contributed by atoms with Crippen LogP contribution in [0.3, 0.4) is 0 Å². The number of hydrogen-bond acceptors (Lipinski definition) is 9. The van der Waals surface area contributed by atoms with Gasteiger partial charge in [-0.2, -0.15) is 0 Å². The zero-order valence-corrected chi connectivity index (χ0v) is 29.6. The van der Waals surface area contributed by atoms with Crippen molar-refractivity contribution in [1.29, 1.82) is 0 Å². The summed E-state index contributed by atoms with van der Waals surface area (Å²) in [6.07, 6.45) is 4.01. The number of hydrogen-bond donors (Lipinski definition) is 4. The van der Waals surface area contributed by atoms with Gasteiger partial charge in [0.05, 0.1) is 46.5 Å². The van der Waals surface area contributed by atoms with Gasteiger partial charge in [-0.05, 0) is 31.7 Å².